The van der Waals surface area contributed by atoms with Gasteiger partial charge in [0.15, 0.2) is 0 Å². The minimum Gasteiger partial charge on any atom is -0.455 e. The molecule has 0 spiro atoms. The molecule has 212 valence electrons. The molecule has 1 amide bonds. The van der Waals surface area contributed by atoms with Crippen LogP contribution in [-0.2, 0) is 10.0 Å². The molecule has 6 aromatic rings. The Morgan fingerprint density at radius 1 is 1.02 bits per heavy atom. The highest BCUT2D eigenvalue weighted by molar-refractivity contribution is 7.92. The van der Waals surface area contributed by atoms with Crippen molar-refractivity contribution in [3.05, 3.63) is 96.6 Å². The lowest BCUT2D eigenvalue weighted by Crippen LogP contribution is -2.25. The van der Waals surface area contributed by atoms with Crippen molar-refractivity contribution in [3.8, 4) is 28.1 Å². The molecule has 0 aliphatic rings. The van der Waals surface area contributed by atoms with Gasteiger partial charge >= 0.3 is 0 Å². The molecule has 0 radical (unpaired) electrons. The van der Waals surface area contributed by atoms with Crippen LogP contribution in [0.1, 0.15) is 10.4 Å². The number of benzene rings is 4. The fourth-order valence-electron chi connectivity index (χ4n) is 5.01. The first-order chi connectivity index (χ1) is 20.0. The molecule has 6 rings (SSSR count). The second-order valence-electron chi connectivity index (χ2n) is 9.90. The summed E-state index contributed by atoms with van der Waals surface area (Å²) in [6.07, 6.45) is 2.81. The lowest BCUT2D eigenvalue weighted by atomic mass is 9.98. The van der Waals surface area contributed by atoms with Crippen LogP contribution < -0.4 is 15.4 Å². The third-order valence-electron chi connectivity index (χ3n) is 7.21. The van der Waals surface area contributed by atoms with Gasteiger partial charge in [-0.3, -0.25) is 13.7 Å². The second-order valence-corrected chi connectivity index (χ2v) is 11.9. The van der Waals surface area contributed by atoms with E-state index in [9.17, 15) is 17.6 Å². The number of halogens is 1. The quantitative estimate of drug-likeness (QED) is 0.247. The molecule has 9 nitrogen and oxygen atoms in total. The van der Waals surface area contributed by atoms with Gasteiger partial charge in [-0.15, -0.1) is 0 Å². The number of imidazole rings is 1. The van der Waals surface area contributed by atoms with Gasteiger partial charge in [-0.05, 0) is 66.2 Å². The van der Waals surface area contributed by atoms with Gasteiger partial charge in [0.05, 0.1) is 28.5 Å². The number of hydrogen-bond acceptors (Lipinski definition) is 6. The zero-order chi connectivity index (χ0) is 29.8. The van der Waals surface area contributed by atoms with Crippen LogP contribution in [0.5, 0.6) is 0 Å². The van der Waals surface area contributed by atoms with Crippen LogP contribution in [0.3, 0.4) is 0 Å². The maximum absolute atomic E-state index is 13.7. The summed E-state index contributed by atoms with van der Waals surface area (Å²) in [5.74, 6) is -0.591. The van der Waals surface area contributed by atoms with Crippen molar-refractivity contribution >= 4 is 49.3 Å². The molecule has 42 heavy (non-hydrogen) atoms. The third kappa shape index (κ3) is 4.63. The number of fused-ring (bicyclic) bond motifs is 2. The molecule has 0 fully saturated rings. The Morgan fingerprint density at radius 3 is 2.45 bits per heavy atom. The van der Waals surface area contributed by atoms with Crippen LogP contribution in [-0.4, -0.2) is 44.2 Å². The zero-order valence-corrected chi connectivity index (χ0v) is 23.7. The van der Waals surface area contributed by atoms with E-state index in [0.717, 1.165) is 23.0 Å². The summed E-state index contributed by atoms with van der Waals surface area (Å²) in [4.78, 5) is 17.7. The number of carbonyl (C=O) groups is 1. The van der Waals surface area contributed by atoms with Gasteiger partial charge in [-0.25, -0.2) is 17.8 Å². The van der Waals surface area contributed by atoms with Gasteiger partial charge in [-0.1, -0.05) is 12.1 Å². The standard InChI is InChI=1S/C31H26FN5O4S/c1-34-31(38)29-24-15-23(19-9-12-25-27(13-19)37(17-35-25)22-6-4-5-21(33)14-22)26(36(2)42(3,39)40)16-28(24)41-30(29)18-7-10-20(32)11-8-18/h4-17H,33H2,1-3H3,(H,34,38). The minimum absolute atomic E-state index is 0.240. The first kappa shape index (κ1) is 27.0. The van der Waals surface area contributed by atoms with Crippen LogP contribution in [0.15, 0.2) is 89.6 Å². The van der Waals surface area contributed by atoms with Crippen molar-refractivity contribution in [3.63, 3.8) is 0 Å². The van der Waals surface area contributed by atoms with Crippen LogP contribution in [0, 0.1) is 5.82 Å². The average molecular weight is 584 g/mol. The predicted molar refractivity (Wildman–Crippen MR) is 163 cm³/mol. The number of nitrogens with one attached hydrogen (secondary N) is 1. The molecule has 0 aliphatic carbocycles. The molecule has 0 saturated heterocycles. The molecule has 0 saturated carbocycles. The molecule has 0 atom stereocenters. The number of aromatic nitrogens is 2. The number of nitrogens with zero attached hydrogens (tertiary/aromatic N) is 3. The van der Waals surface area contributed by atoms with Gasteiger partial charge in [0.1, 0.15) is 23.5 Å². The minimum atomic E-state index is -3.68. The number of hydrogen-bond donors (Lipinski definition) is 2. The highest BCUT2D eigenvalue weighted by Crippen LogP contribution is 2.42. The zero-order valence-electron chi connectivity index (χ0n) is 22.9. The lowest BCUT2D eigenvalue weighted by molar-refractivity contribution is 0.0964. The normalized spacial score (nSPS) is 11.7. The van der Waals surface area contributed by atoms with Crippen LogP contribution >= 0.6 is 0 Å². The average Bonchev–Trinajstić information content (AvgIpc) is 3.56. The molecule has 11 heteroatoms. The molecule has 0 aliphatic heterocycles. The van der Waals surface area contributed by atoms with Crippen LogP contribution in [0.2, 0.25) is 0 Å². The molecule has 3 N–H and O–H groups in total. The van der Waals surface area contributed by atoms with Crippen LogP contribution in [0.25, 0.3) is 50.1 Å². The number of amides is 1. The predicted octanol–water partition coefficient (Wildman–Crippen LogP) is 5.58. The summed E-state index contributed by atoms with van der Waals surface area (Å²) in [6.45, 7) is 0. The summed E-state index contributed by atoms with van der Waals surface area (Å²) in [7, 11) is -0.720. The molecule has 4 aromatic carbocycles. The summed E-state index contributed by atoms with van der Waals surface area (Å²) in [5, 5.41) is 3.12. The number of nitrogens with two attached hydrogens (primary N) is 1. The Bertz CT molecular complexity index is 2120. The molecule has 0 bridgehead atoms. The summed E-state index contributed by atoms with van der Waals surface area (Å²) in [5.41, 5.74) is 11.6. The number of rotatable bonds is 6. The van der Waals surface area contributed by atoms with E-state index in [1.54, 1.807) is 24.5 Å². The van der Waals surface area contributed by atoms with E-state index in [1.165, 1.54) is 42.7 Å². The molecule has 2 aromatic heterocycles. The Hall–Kier alpha value is -5.16. The van der Waals surface area contributed by atoms with Crippen LogP contribution in [0.4, 0.5) is 15.8 Å². The maximum Gasteiger partial charge on any atom is 0.255 e. The Morgan fingerprint density at radius 2 is 1.76 bits per heavy atom. The van der Waals surface area contributed by atoms with E-state index in [4.69, 9.17) is 10.2 Å². The molecular formula is C31H26FN5O4S. The Balaban J connectivity index is 1.64. The van der Waals surface area contributed by atoms with E-state index in [2.05, 4.69) is 10.3 Å². The van der Waals surface area contributed by atoms with Crippen molar-refractivity contribution in [1.82, 2.24) is 14.9 Å². The van der Waals surface area contributed by atoms with Crippen molar-refractivity contribution < 1.29 is 22.0 Å². The van der Waals surface area contributed by atoms with E-state index in [1.807, 2.05) is 41.0 Å². The largest absolute Gasteiger partial charge is 0.455 e. The van der Waals surface area contributed by atoms with E-state index in [-0.39, 0.29) is 11.3 Å². The fourth-order valence-corrected chi connectivity index (χ4v) is 5.52. The molecule has 2 heterocycles. The highest BCUT2D eigenvalue weighted by Gasteiger charge is 2.26. The van der Waals surface area contributed by atoms with Crippen molar-refractivity contribution in [2.75, 3.05) is 30.4 Å². The van der Waals surface area contributed by atoms with E-state index in [0.29, 0.717) is 39.0 Å². The van der Waals surface area contributed by atoms with Crippen molar-refractivity contribution in [2.24, 2.45) is 0 Å². The number of nitrogen functional groups attached to an aromatic ring is 1. The number of furan rings is 1. The second kappa shape index (κ2) is 10.0. The maximum atomic E-state index is 13.7. The number of anilines is 2. The molecular weight excluding hydrogens is 557 g/mol. The monoisotopic (exact) mass is 583 g/mol. The van der Waals surface area contributed by atoms with Crippen molar-refractivity contribution in [2.45, 2.75) is 0 Å². The number of carbonyl (C=O) groups excluding carboxylic acids is 1. The van der Waals surface area contributed by atoms with Gasteiger partial charge in [0, 0.05) is 48.0 Å². The lowest BCUT2D eigenvalue weighted by Gasteiger charge is -2.21. The van der Waals surface area contributed by atoms with Gasteiger partial charge in [-0.2, -0.15) is 0 Å². The fraction of sp³-hybridized carbons (Fsp3) is 0.0968. The molecule has 0 unspecified atom stereocenters. The van der Waals surface area contributed by atoms with E-state index >= 15 is 0 Å². The first-order valence-corrected chi connectivity index (χ1v) is 14.8. The Kier molecular flexibility index (Phi) is 6.46. The third-order valence-corrected chi connectivity index (χ3v) is 8.40. The van der Waals surface area contributed by atoms with Crippen molar-refractivity contribution in [1.29, 1.82) is 0 Å². The van der Waals surface area contributed by atoms with E-state index < -0.39 is 21.7 Å². The number of sulfonamides is 1. The van der Waals surface area contributed by atoms with Gasteiger partial charge in [0.25, 0.3) is 5.91 Å². The van der Waals surface area contributed by atoms with Gasteiger partial charge in [0.2, 0.25) is 10.0 Å². The SMILES string of the molecule is CNC(=O)c1c(-c2ccc(F)cc2)oc2cc(N(C)S(C)(=O)=O)c(-c3ccc4ncn(-c5cccc(N)c5)c4c3)cc12. The summed E-state index contributed by atoms with van der Waals surface area (Å²) < 4.78 is 48.4. The highest BCUT2D eigenvalue weighted by atomic mass is 32.2. The summed E-state index contributed by atoms with van der Waals surface area (Å²) in [6, 6.07) is 22.0. The topological polar surface area (TPSA) is 123 Å². The first-order valence-electron chi connectivity index (χ1n) is 12.9. The van der Waals surface area contributed by atoms with Gasteiger partial charge < -0.3 is 15.5 Å². The Labute approximate surface area is 241 Å². The smallest absolute Gasteiger partial charge is 0.255 e. The summed E-state index contributed by atoms with van der Waals surface area (Å²) >= 11 is 0.